The number of hydrogen-bond acceptors (Lipinski definition) is 4. The zero-order valence-corrected chi connectivity index (χ0v) is 10.1. The zero-order chi connectivity index (χ0) is 12.7. The fraction of sp³-hybridized carbons (Fsp3) is 0.636. The topological polar surface area (TPSA) is 75.6 Å². The van der Waals surface area contributed by atoms with E-state index < -0.39 is 18.0 Å². The van der Waals surface area contributed by atoms with Crippen LogP contribution >= 0.6 is 0 Å². The van der Waals surface area contributed by atoms with E-state index in [1.807, 2.05) is 0 Å². The van der Waals surface area contributed by atoms with Gasteiger partial charge in [0.1, 0.15) is 6.04 Å². The number of ether oxygens (including phenoxy) is 1. The third-order valence-electron chi connectivity index (χ3n) is 1.94. The van der Waals surface area contributed by atoms with Crippen LogP contribution in [0.5, 0.6) is 0 Å². The summed E-state index contributed by atoms with van der Waals surface area (Å²) in [6.07, 6.45) is 1.25. The Morgan fingerprint density at radius 3 is 2.29 bits per heavy atom. The second-order valence-corrected chi connectivity index (χ2v) is 3.78. The van der Waals surface area contributed by atoms with Gasteiger partial charge in [-0.1, -0.05) is 13.8 Å². The van der Waals surface area contributed by atoms with Gasteiger partial charge in [0.15, 0.2) is 0 Å². The van der Waals surface area contributed by atoms with E-state index in [0.29, 0.717) is 12.3 Å². The maximum atomic E-state index is 11.1. The molecule has 0 bridgehead atoms. The molecular weight excluding hydrogens is 233 g/mol. The van der Waals surface area contributed by atoms with Gasteiger partial charge in [0, 0.05) is 11.8 Å². The van der Waals surface area contributed by atoms with Crippen LogP contribution in [-0.4, -0.2) is 59.3 Å². The van der Waals surface area contributed by atoms with Crippen molar-refractivity contribution < 1.29 is 19.4 Å². The van der Waals surface area contributed by atoms with E-state index in [1.54, 1.807) is 27.7 Å². The summed E-state index contributed by atoms with van der Waals surface area (Å²) < 4.78 is 4.71. The van der Waals surface area contributed by atoms with Crippen molar-refractivity contribution in [1.29, 1.82) is 0 Å². The molecule has 6 heteroatoms. The number of carbonyl (C=O) groups is 2. The molecule has 0 fully saturated rings. The molecule has 0 aliphatic heterocycles. The Labute approximate surface area is 124 Å². The zero-order valence-electron chi connectivity index (χ0n) is 10.1. The maximum absolute atomic E-state index is 11.1. The SMILES string of the molecule is CCOC(=O)C=C(C)N[C@H](C(=O)O)C(C)C.[NaH]. The Bertz CT molecular complexity index is 289. The third kappa shape index (κ3) is 8.24. The molecule has 0 aliphatic carbocycles. The number of nitrogens with one attached hydrogen (secondary N) is 1. The first kappa shape index (κ1) is 18.8. The van der Waals surface area contributed by atoms with Crippen LogP contribution in [0, 0.1) is 5.92 Å². The van der Waals surface area contributed by atoms with Crippen LogP contribution in [0.3, 0.4) is 0 Å². The molecule has 1 atom stereocenters. The molecule has 0 aromatic rings. The number of aliphatic carboxylic acids is 1. The molecule has 0 saturated heterocycles. The molecule has 0 amide bonds. The van der Waals surface area contributed by atoms with E-state index in [9.17, 15) is 9.59 Å². The van der Waals surface area contributed by atoms with E-state index in [-0.39, 0.29) is 35.5 Å². The summed E-state index contributed by atoms with van der Waals surface area (Å²) in [5, 5.41) is 11.7. The summed E-state index contributed by atoms with van der Waals surface area (Å²) >= 11 is 0. The van der Waals surface area contributed by atoms with Crippen molar-refractivity contribution in [2.45, 2.75) is 33.7 Å². The van der Waals surface area contributed by atoms with Crippen molar-refractivity contribution in [2.75, 3.05) is 6.61 Å². The quantitative estimate of drug-likeness (QED) is 0.409. The first-order chi connectivity index (χ1) is 7.38. The molecule has 0 aliphatic rings. The van der Waals surface area contributed by atoms with Gasteiger partial charge in [-0.25, -0.2) is 9.59 Å². The van der Waals surface area contributed by atoms with Crippen molar-refractivity contribution in [2.24, 2.45) is 5.92 Å². The molecule has 0 heterocycles. The second-order valence-electron chi connectivity index (χ2n) is 3.78. The van der Waals surface area contributed by atoms with E-state index in [4.69, 9.17) is 9.84 Å². The van der Waals surface area contributed by atoms with Crippen LogP contribution in [-0.2, 0) is 14.3 Å². The van der Waals surface area contributed by atoms with Gasteiger partial charge < -0.3 is 15.2 Å². The predicted octanol–water partition coefficient (Wildman–Crippen LogP) is 0.504. The third-order valence-corrected chi connectivity index (χ3v) is 1.94. The Morgan fingerprint density at radius 2 is 1.94 bits per heavy atom. The number of rotatable bonds is 6. The molecule has 0 rings (SSSR count). The molecule has 0 saturated carbocycles. The summed E-state index contributed by atoms with van der Waals surface area (Å²) in [4.78, 5) is 22.0. The molecule has 94 valence electrons. The van der Waals surface area contributed by atoms with Gasteiger partial charge in [-0.15, -0.1) is 0 Å². The summed E-state index contributed by atoms with van der Waals surface area (Å²) in [5.41, 5.74) is 0.486. The number of hydrogen-bond donors (Lipinski definition) is 2. The summed E-state index contributed by atoms with van der Waals surface area (Å²) in [7, 11) is 0. The van der Waals surface area contributed by atoms with Gasteiger partial charge >= 0.3 is 41.5 Å². The molecule has 0 unspecified atom stereocenters. The van der Waals surface area contributed by atoms with Gasteiger partial charge in [0.2, 0.25) is 0 Å². The Hall–Kier alpha value is -0.520. The first-order valence-electron chi connectivity index (χ1n) is 5.22. The average Bonchev–Trinajstić information content (AvgIpc) is 2.13. The Balaban J connectivity index is 0. The summed E-state index contributed by atoms with van der Waals surface area (Å²) in [6.45, 7) is 7.24. The van der Waals surface area contributed by atoms with Gasteiger partial charge in [-0.05, 0) is 19.8 Å². The molecule has 0 spiro atoms. The Kier molecular flexibility index (Phi) is 10.5. The standard InChI is InChI=1S/C11H19NO4.Na.H/c1-5-16-9(13)6-8(4)12-10(7(2)3)11(14)15;;/h6-7,10,12H,5H2,1-4H3,(H,14,15);;/t10-;;/m0../s1. The van der Waals surface area contributed by atoms with Crippen LogP contribution in [0.25, 0.3) is 0 Å². The molecule has 5 nitrogen and oxygen atoms in total. The van der Waals surface area contributed by atoms with E-state index in [1.165, 1.54) is 6.08 Å². The normalized spacial score (nSPS) is 12.6. The van der Waals surface area contributed by atoms with Crippen molar-refractivity contribution in [3.63, 3.8) is 0 Å². The molecule has 0 radical (unpaired) electrons. The fourth-order valence-corrected chi connectivity index (χ4v) is 1.16. The minimum absolute atomic E-state index is 0. The molecular formula is C11H20NNaO4. The van der Waals surface area contributed by atoms with Crippen LogP contribution < -0.4 is 5.32 Å². The van der Waals surface area contributed by atoms with Gasteiger partial charge in [-0.3, -0.25) is 0 Å². The van der Waals surface area contributed by atoms with Crippen LogP contribution in [0.1, 0.15) is 27.7 Å². The van der Waals surface area contributed by atoms with Crippen molar-refractivity contribution in [3.05, 3.63) is 11.8 Å². The van der Waals surface area contributed by atoms with Crippen LogP contribution in [0.2, 0.25) is 0 Å². The minimum atomic E-state index is -0.938. The number of esters is 1. The predicted molar refractivity (Wildman–Crippen MR) is 66.9 cm³/mol. The molecule has 17 heavy (non-hydrogen) atoms. The van der Waals surface area contributed by atoms with Crippen molar-refractivity contribution in [1.82, 2.24) is 5.32 Å². The number of allylic oxidation sites excluding steroid dienone is 1. The van der Waals surface area contributed by atoms with Gasteiger partial charge in [-0.2, -0.15) is 0 Å². The fourth-order valence-electron chi connectivity index (χ4n) is 1.16. The average molecular weight is 253 g/mol. The van der Waals surface area contributed by atoms with E-state index in [0.717, 1.165) is 0 Å². The molecule has 2 N–H and O–H groups in total. The molecule has 0 aromatic carbocycles. The first-order valence-corrected chi connectivity index (χ1v) is 5.22. The number of carboxylic acid groups (broad SMARTS) is 1. The monoisotopic (exact) mass is 253 g/mol. The number of carboxylic acids is 1. The Morgan fingerprint density at radius 1 is 1.41 bits per heavy atom. The number of carbonyl (C=O) groups excluding carboxylic acids is 1. The summed E-state index contributed by atoms with van der Waals surface area (Å²) in [5.74, 6) is -1.48. The van der Waals surface area contributed by atoms with Gasteiger partial charge in [0.05, 0.1) is 6.61 Å². The van der Waals surface area contributed by atoms with Crippen LogP contribution in [0.15, 0.2) is 11.8 Å². The second kappa shape index (κ2) is 9.50. The van der Waals surface area contributed by atoms with E-state index in [2.05, 4.69) is 5.32 Å². The molecule has 0 aromatic heterocycles. The van der Waals surface area contributed by atoms with Gasteiger partial charge in [0.25, 0.3) is 0 Å². The van der Waals surface area contributed by atoms with Crippen molar-refractivity contribution in [3.8, 4) is 0 Å². The van der Waals surface area contributed by atoms with Crippen LogP contribution in [0.4, 0.5) is 0 Å². The van der Waals surface area contributed by atoms with Crippen molar-refractivity contribution >= 4 is 41.5 Å². The summed E-state index contributed by atoms with van der Waals surface area (Å²) in [6, 6.07) is -0.703. The van der Waals surface area contributed by atoms with E-state index >= 15 is 0 Å².